The van der Waals surface area contributed by atoms with Crippen LogP contribution >= 0.6 is 0 Å². The molecule has 0 radical (unpaired) electrons. The number of hydrogen-bond donors (Lipinski definition) is 1. The summed E-state index contributed by atoms with van der Waals surface area (Å²) < 4.78 is 0. The minimum absolute atomic E-state index is 0.0644. The van der Waals surface area contributed by atoms with Gasteiger partial charge in [0.2, 0.25) is 0 Å². The third kappa shape index (κ3) is 2.53. The average molecular weight is 205 g/mol. The summed E-state index contributed by atoms with van der Waals surface area (Å²) >= 11 is 0. The van der Waals surface area contributed by atoms with E-state index in [1.807, 2.05) is 19.3 Å². The van der Waals surface area contributed by atoms with Gasteiger partial charge in [-0.15, -0.1) is 0 Å². The number of hydrogen-bond acceptors (Lipinski definition) is 3. The summed E-state index contributed by atoms with van der Waals surface area (Å²) in [7, 11) is 0. The lowest BCUT2D eigenvalue weighted by molar-refractivity contribution is 0.441. The Morgan fingerprint density at radius 3 is 2.33 bits per heavy atom. The molecule has 1 heterocycles. The molecule has 0 bridgehead atoms. The van der Waals surface area contributed by atoms with E-state index < -0.39 is 0 Å². The van der Waals surface area contributed by atoms with E-state index in [9.17, 15) is 0 Å². The van der Waals surface area contributed by atoms with Crippen LogP contribution in [0.5, 0.6) is 0 Å². The second-order valence-electron chi connectivity index (χ2n) is 4.50. The highest BCUT2D eigenvalue weighted by Crippen LogP contribution is 2.31. The molecule has 0 aliphatic heterocycles. The molecule has 2 N–H and O–H groups in total. The van der Waals surface area contributed by atoms with Crippen molar-refractivity contribution in [2.24, 2.45) is 5.73 Å². The fourth-order valence-electron chi connectivity index (χ4n) is 2.23. The van der Waals surface area contributed by atoms with Crippen LogP contribution in [-0.4, -0.2) is 9.97 Å². The fraction of sp³-hybridized carbons (Fsp3) is 0.667. The van der Waals surface area contributed by atoms with E-state index in [-0.39, 0.29) is 6.04 Å². The molecule has 3 nitrogen and oxygen atoms in total. The van der Waals surface area contributed by atoms with Gasteiger partial charge in [0.25, 0.3) is 0 Å². The van der Waals surface area contributed by atoms with E-state index >= 15 is 0 Å². The highest BCUT2D eigenvalue weighted by molar-refractivity contribution is 5.13. The molecule has 1 aliphatic rings. The van der Waals surface area contributed by atoms with Gasteiger partial charge in [0.15, 0.2) is 0 Å². The first-order valence-corrected chi connectivity index (χ1v) is 5.85. The number of rotatable bonds is 2. The van der Waals surface area contributed by atoms with Crippen LogP contribution in [0.2, 0.25) is 0 Å². The molecule has 0 spiro atoms. The van der Waals surface area contributed by atoms with Crippen LogP contribution in [0, 0.1) is 0 Å². The fourth-order valence-corrected chi connectivity index (χ4v) is 2.23. The van der Waals surface area contributed by atoms with Crippen molar-refractivity contribution in [2.45, 2.75) is 51.0 Å². The van der Waals surface area contributed by atoms with E-state index in [0.717, 1.165) is 5.82 Å². The standard InChI is InChI=1S/C12H19N3/c1-9(13)12-14-7-11(8-15-12)10-5-3-2-4-6-10/h7-10H,2-6,13H2,1H3. The largest absolute Gasteiger partial charge is 0.322 e. The van der Waals surface area contributed by atoms with Crippen molar-refractivity contribution in [3.05, 3.63) is 23.8 Å². The minimum Gasteiger partial charge on any atom is -0.322 e. The zero-order chi connectivity index (χ0) is 10.7. The van der Waals surface area contributed by atoms with E-state index in [4.69, 9.17) is 5.73 Å². The first-order valence-electron chi connectivity index (χ1n) is 5.85. The van der Waals surface area contributed by atoms with E-state index in [1.165, 1.54) is 37.7 Å². The second-order valence-corrected chi connectivity index (χ2v) is 4.50. The van der Waals surface area contributed by atoms with Gasteiger partial charge in [0.05, 0.1) is 6.04 Å². The lowest BCUT2D eigenvalue weighted by Gasteiger charge is -2.21. The van der Waals surface area contributed by atoms with Crippen molar-refractivity contribution in [1.82, 2.24) is 9.97 Å². The third-order valence-electron chi connectivity index (χ3n) is 3.18. The van der Waals surface area contributed by atoms with Crippen molar-refractivity contribution in [2.75, 3.05) is 0 Å². The van der Waals surface area contributed by atoms with E-state index in [1.54, 1.807) is 0 Å². The lowest BCUT2D eigenvalue weighted by Crippen LogP contribution is -2.11. The first kappa shape index (κ1) is 10.6. The molecule has 1 fully saturated rings. The zero-order valence-corrected chi connectivity index (χ0v) is 9.32. The third-order valence-corrected chi connectivity index (χ3v) is 3.18. The highest BCUT2D eigenvalue weighted by Gasteiger charge is 2.16. The van der Waals surface area contributed by atoms with Crippen LogP contribution in [0.25, 0.3) is 0 Å². The van der Waals surface area contributed by atoms with Crippen molar-refractivity contribution in [1.29, 1.82) is 0 Å². The number of nitrogens with zero attached hydrogens (tertiary/aromatic N) is 2. The maximum Gasteiger partial charge on any atom is 0.144 e. The Kier molecular flexibility index (Phi) is 3.31. The zero-order valence-electron chi connectivity index (χ0n) is 9.32. The van der Waals surface area contributed by atoms with Crippen molar-refractivity contribution in [3.8, 4) is 0 Å². The summed E-state index contributed by atoms with van der Waals surface area (Å²) in [6.07, 6.45) is 10.6. The molecular formula is C12H19N3. The molecule has 1 aromatic rings. The molecular weight excluding hydrogens is 186 g/mol. The maximum absolute atomic E-state index is 5.72. The molecule has 1 aromatic heterocycles. The summed E-state index contributed by atoms with van der Waals surface area (Å²) in [5.74, 6) is 1.43. The van der Waals surface area contributed by atoms with Gasteiger partial charge in [-0.3, -0.25) is 0 Å². The molecule has 15 heavy (non-hydrogen) atoms. The van der Waals surface area contributed by atoms with Crippen molar-refractivity contribution in [3.63, 3.8) is 0 Å². The molecule has 0 saturated heterocycles. The van der Waals surface area contributed by atoms with Gasteiger partial charge in [-0.1, -0.05) is 19.3 Å². The van der Waals surface area contributed by atoms with Crippen LogP contribution in [0.4, 0.5) is 0 Å². The molecule has 1 unspecified atom stereocenters. The predicted octanol–water partition coefficient (Wildman–Crippen LogP) is 2.54. The SMILES string of the molecule is CC(N)c1ncc(C2CCCCC2)cn1. The molecule has 1 saturated carbocycles. The summed E-state index contributed by atoms with van der Waals surface area (Å²) in [5, 5.41) is 0. The van der Waals surface area contributed by atoms with Gasteiger partial charge in [-0.2, -0.15) is 0 Å². The first-order chi connectivity index (χ1) is 7.27. The van der Waals surface area contributed by atoms with E-state index in [2.05, 4.69) is 9.97 Å². The number of nitrogens with two attached hydrogens (primary N) is 1. The summed E-state index contributed by atoms with van der Waals surface area (Å²) in [6.45, 7) is 1.91. The van der Waals surface area contributed by atoms with Gasteiger partial charge in [0.1, 0.15) is 5.82 Å². The lowest BCUT2D eigenvalue weighted by atomic mass is 9.85. The Morgan fingerprint density at radius 2 is 1.80 bits per heavy atom. The van der Waals surface area contributed by atoms with Crippen LogP contribution in [0.1, 0.15) is 62.4 Å². The quantitative estimate of drug-likeness (QED) is 0.807. The van der Waals surface area contributed by atoms with Gasteiger partial charge in [0, 0.05) is 12.4 Å². The summed E-state index contributed by atoms with van der Waals surface area (Å²) in [5.41, 5.74) is 7.01. The number of aromatic nitrogens is 2. The van der Waals surface area contributed by atoms with Gasteiger partial charge >= 0.3 is 0 Å². The molecule has 1 aliphatic carbocycles. The Balaban J connectivity index is 2.08. The van der Waals surface area contributed by atoms with Crippen molar-refractivity contribution < 1.29 is 0 Å². The van der Waals surface area contributed by atoms with Crippen LogP contribution in [0.3, 0.4) is 0 Å². The smallest absolute Gasteiger partial charge is 0.144 e. The molecule has 1 atom stereocenters. The molecule has 82 valence electrons. The van der Waals surface area contributed by atoms with E-state index in [0.29, 0.717) is 5.92 Å². The van der Waals surface area contributed by atoms with Gasteiger partial charge in [-0.05, 0) is 31.2 Å². The topological polar surface area (TPSA) is 51.8 Å². The Morgan fingerprint density at radius 1 is 1.20 bits per heavy atom. The van der Waals surface area contributed by atoms with Gasteiger partial charge < -0.3 is 5.73 Å². The summed E-state index contributed by atoms with van der Waals surface area (Å²) in [6, 6.07) is -0.0644. The van der Waals surface area contributed by atoms with Crippen LogP contribution in [0.15, 0.2) is 12.4 Å². The Bertz CT molecular complexity index is 299. The van der Waals surface area contributed by atoms with Crippen LogP contribution < -0.4 is 5.73 Å². The molecule has 3 heteroatoms. The van der Waals surface area contributed by atoms with Crippen LogP contribution in [-0.2, 0) is 0 Å². The second kappa shape index (κ2) is 4.71. The highest BCUT2D eigenvalue weighted by atomic mass is 14.9. The van der Waals surface area contributed by atoms with Gasteiger partial charge in [-0.25, -0.2) is 9.97 Å². The maximum atomic E-state index is 5.72. The average Bonchev–Trinajstić information content (AvgIpc) is 2.30. The molecule has 2 rings (SSSR count). The van der Waals surface area contributed by atoms with Crippen molar-refractivity contribution >= 4 is 0 Å². The predicted molar refractivity (Wildman–Crippen MR) is 60.5 cm³/mol. The Hall–Kier alpha value is -0.960. The Labute approximate surface area is 91.1 Å². The molecule has 0 amide bonds. The normalized spacial score (nSPS) is 20.1. The minimum atomic E-state index is -0.0644. The summed E-state index contributed by atoms with van der Waals surface area (Å²) in [4.78, 5) is 8.63. The molecule has 0 aromatic carbocycles. The monoisotopic (exact) mass is 205 g/mol.